The zero-order chi connectivity index (χ0) is 11.9. The summed E-state index contributed by atoms with van der Waals surface area (Å²) in [4.78, 5) is 11.9. The monoisotopic (exact) mass is 366 g/mol. The smallest absolute Gasteiger partial charge is 0.340 e. The van der Waals surface area contributed by atoms with E-state index in [0.717, 1.165) is 5.39 Å². The van der Waals surface area contributed by atoms with Crippen LogP contribution in [0.2, 0.25) is 0 Å². The third-order valence-corrected chi connectivity index (χ3v) is 4.88. The van der Waals surface area contributed by atoms with Crippen LogP contribution in [0.3, 0.4) is 0 Å². The van der Waals surface area contributed by atoms with Crippen LogP contribution >= 0.6 is 45.3 Å². The molecule has 0 aliphatic carbocycles. The molecular weight excluding hydrogens is 355 g/mol. The van der Waals surface area contributed by atoms with Gasteiger partial charge in [-0.1, -0.05) is 0 Å². The van der Waals surface area contributed by atoms with E-state index in [1.54, 1.807) is 22.7 Å². The Bertz CT molecular complexity index is 534. The van der Waals surface area contributed by atoms with E-state index in [1.807, 2.05) is 32.2 Å². The predicted molar refractivity (Wildman–Crippen MR) is 77.6 cm³/mol. The molecule has 0 unspecified atom stereocenters. The average molecular weight is 366 g/mol. The van der Waals surface area contributed by atoms with Crippen LogP contribution in [-0.4, -0.2) is 11.6 Å². The van der Waals surface area contributed by atoms with Crippen LogP contribution in [0.25, 0.3) is 9.40 Å². The number of ether oxygens (including phenoxy) is 1. The van der Waals surface area contributed by atoms with Gasteiger partial charge in [0.25, 0.3) is 0 Å². The summed E-state index contributed by atoms with van der Waals surface area (Å²) >= 11 is 5.58. The number of thiophene rings is 2. The Balaban J connectivity index is 2.36. The summed E-state index contributed by atoms with van der Waals surface area (Å²) in [5.74, 6) is -0.229. The zero-order valence-corrected chi connectivity index (χ0v) is 13.0. The summed E-state index contributed by atoms with van der Waals surface area (Å²) in [6.45, 7) is 5.64. The van der Waals surface area contributed by atoms with Crippen LogP contribution in [0, 0.1) is 2.88 Å². The molecule has 2 nitrogen and oxygen atoms in total. The summed E-state index contributed by atoms with van der Waals surface area (Å²) in [6, 6.07) is 2.04. The van der Waals surface area contributed by atoms with Gasteiger partial charge in [-0.3, -0.25) is 0 Å². The molecule has 0 amide bonds. The summed E-state index contributed by atoms with van der Waals surface area (Å²) in [5.41, 5.74) is 0.253. The van der Waals surface area contributed by atoms with E-state index in [2.05, 4.69) is 22.6 Å². The summed E-state index contributed by atoms with van der Waals surface area (Å²) in [5, 5.41) is 2.90. The van der Waals surface area contributed by atoms with E-state index in [1.165, 1.54) is 6.90 Å². The first kappa shape index (κ1) is 12.3. The molecule has 0 radical (unpaired) electrons. The fourth-order valence-corrected chi connectivity index (χ4v) is 4.69. The van der Waals surface area contributed by atoms with Crippen LogP contribution in [0.5, 0.6) is 0 Å². The maximum absolute atomic E-state index is 11.9. The first-order valence-corrected chi connectivity index (χ1v) is 7.54. The minimum Gasteiger partial charge on any atom is -0.456 e. The Hall–Kier alpha value is -0.140. The Morgan fingerprint density at radius 3 is 2.75 bits per heavy atom. The van der Waals surface area contributed by atoms with Gasteiger partial charge in [0.2, 0.25) is 0 Å². The van der Waals surface area contributed by atoms with Gasteiger partial charge in [0, 0.05) is 10.8 Å². The molecule has 0 aromatic carbocycles. The van der Waals surface area contributed by atoms with Crippen LogP contribution in [-0.2, 0) is 4.74 Å². The molecule has 0 N–H and O–H groups in total. The number of carbonyl (C=O) groups is 1. The van der Waals surface area contributed by atoms with Gasteiger partial charge in [-0.05, 0) is 49.4 Å². The summed E-state index contributed by atoms with van der Waals surface area (Å²) in [7, 11) is 0. The highest BCUT2D eigenvalue weighted by Crippen LogP contribution is 2.35. The molecule has 2 aromatic heterocycles. The van der Waals surface area contributed by atoms with Crippen molar-refractivity contribution in [1.29, 1.82) is 0 Å². The van der Waals surface area contributed by atoms with Crippen LogP contribution in [0.15, 0.2) is 11.4 Å². The number of hydrogen-bond acceptors (Lipinski definition) is 4. The second-order valence-electron chi connectivity index (χ2n) is 4.40. The van der Waals surface area contributed by atoms with E-state index in [0.29, 0.717) is 5.56 Å². The number of esters is 1. The van der Waals surface area contributed by atoms with Crippen molar-refractivity contribution in [2.75, 3.05) is 0 Å². The third kappa shape index (κ3) is 2.57. The first-order chi connectivity index (χ1) is 7.37. The Morgan fingerprint density at radius 2 is 2.12 bits per heavy atom. The molecule has 0 aliphatic heterocycles. The van der Waals surface area contributed by atoms with Gasteiger partial charge in [-0.15, -0.1) is 22.7 Å². The molecule has 0 saturated heterocycles. The minimum absolute atomic E-state index is 0.229. The Labute approximate surface area is 116 Å². The zero-order valence-electron chi connectivity index (χ0n) is 9.17. The molecule has 2 aromatic rings. The topological polar surface area (TPSA) is 26.3 Å². The number of hydrogen-bond donors (Lipinski definition) is 0. The van der Waals surface area contributed by atoms with Crippen LogP contribution in [0.1, 0.15) is 31.1 Å². The van der Waals surface area contributed by atoms with E-state index in [9.17, 15) is 4.79 Å². The van der Waals surface area contributed by atoms with Crippen molar-refractivity contribution in [3.63, 3.8) is 0 Å². The number of fused-ring (bicyclic) bond motifs is 1. The van der Waals surface area contributed by atoms with Crippen molar-refractivity contribution in [3.8, 4) is 0 Å². The normalized spacial score (nSPS) is 12.0. The second kappa shape index (κ2) is 4.27. The lowest BCUT2D eigenvalue weighted by Crippen LogP contribution is -2.23. The number of rotatable bonds is 1. The molecule has 0 saturated carbocycles. The molecule has 16 heavy (non-hydrogen) atoms. The first-order valence-electron chi connectivity index (χ1n) is 4.77. The molecule has 0 aliphatic rings. The SMILES string of the molecule is CC(C)(C)OC(=O)c1csc2sc(I)cc12. The second-order valence-corrected chi connectivity index (χ2v) is 8.49. The quantitative estimate of drug-likeness (QED) is 0.548. The van der Waals surface area contributed by atoms with Gasteiger partial charge >= 0.3 is 5.97 Å². The van der Waals surface area contributed by atoms with Gasteiger partial charge in [-0.25, -0.2) is 4.79 Å². The minimum atomic E-state index is -0.436. The molecule has 2 heterocycles. The largest absolute Gasteiger partial charge is 0.456 e. The van der Waals surface area contributed by atoms with Crippen molar-refractivity contribution in [2.45, 2.75) is 26.4 Å². The third-order valence-electron chi connectivity index (χ3n) is 1.86. The van der Waals surface area contributed by atoms with E-state index >= 15 is 0 Å². The highest BCUT2D eigenvalue weighted by Gasteiger charge is 2.21. The lowest BCUT2D eigenvalue weighted by atomic mass is 10.2. The van der Waals surface area contributed by atoms with Crippen LogP contribution < -0.4 is 0 Å². The van der Waals surface area contributed by atoms with Gasteiger partial charge in [0.1, 0.15) is 5.60 Å². The highest BCUT2D eigenvalue weighted by molar-refractivity contribution is 14.1. The van der Waals surface area contributed by atoms with Crippen molar-refractivity contribution in [2.24, 2.45) is 0 Å². The Morgan fingerprint density at radius 1 is 1.44 bits per heavy atom. The maximum Gasteiger partial charge on any atom is 0.340 e. The lowest BCUT2D eigenvalue weighted by Gasteiger charge is -2.18. The molecule has 0 bridgehead atoms. The Kier molecular flexibility index (Phi) is 3.29. The lowest BCUT2D eigenvalue weighted by molar-refractivity contribution is 0.00724. The number of halogens is 1. The van der Waals surface area contributed by atoms with Crippen molar-refractivity contribution >= 4 is 60.6 Å². The molecular formula is C11H11IO2S2. The van der Waals surface area contributed by atoms with Crippen molar-refractivity contribution in [3.05, 3.63) is 19.9 Å². The van der Waals surface area contributed by atoms with Gasteiger partial charge in [0.05, 0.1) is 12.5 Å². The maximum atomic E-state index is 11.9. The van der Waals surface area contributed by atoms with Gasteiger partial charge in [0.15, 0.2) is 0 Å². The molecule has 0 spiro atoms. The molecule has 5 heteroatoms. The average Bonchev–Trinajstić information content (AvgIpc) is 2.58. The van der Waals surface area contributed by atoms with Gasteiger partial charge < -0.3 is 4.74 Å². The number of carbonyl (C=O) groups excluding carboxylic acids is 1. The van der Waals surface area contributed by atoms with E-state index in [4.69, 9.17) is 4.74 Å². The van der Waals surface area contributed by atoms with Gasteiger partial charge in [-0.2, -0.15) is 0 Å². The predicted octanol–water partition coefficient (Wildman–Crippen LogP) is 4.52. The van der Waals surface area contributed by atoms with E-state index in [-0.39, 0.29) is 5.97 Å². The van der Waals surface area contributed by atoms with Crippen molar-refractivity contribution in [1.82, 2.24) is 0 Å². The summed E-state index contributed by atoms with van der Waals surface area (Å²) < 4.78 is 7.75. The van der Waals surface area contributed by atoms with Crippen LogP contribution in [0.4, 0.5) is 0 Å². The summed E-state index contributed by atoms with van der Waals surface area (Å²) in [6.07, 6.45) is 0. The molecule has 2 rings (SSSR count). The highest BCUT2D eigenvalue weighted by atomic mass is 127. The fourth-order valence-electron chi connectivity index (χ4n) is 1.29. The van der Waals surface area contributed by atoms with Crippen molar-refractivity contribution < 1.29 is 9.53 Å². The standard InChI is InChI=1S/C11H11IO2S2/c1-11(2,3)14-9(13)7-5-15-10-6(7)4-8(12)16-10/h4-5H,1-3H3. The molecule has 86 valence electrons. The molecule has 0 atom stereocenters. The molecule has 0 fully saturated rings. The fraction of sp³-hybridized carbons (Fsp3) is 0.364. The van der Waals surface area contributed by atoms with E-state index < -0.39 is 5.60 Å².